The van der Waals surface area contributed by atoms with Gasteiger partial charge in [0.25, 0.3) is 0 Å². The lowest BCUT2D eigenvalue weighted by Crippen LogP contribution is -2.17. The molecule has 0 fully saturated rings. The standard InChI is InChI=1S/C7H6ClN2O4S/c8-1-5-2-9-7(10-3-5)15(13,14)4-6(11)12/h2H,1,4H2,(H,11,12). The number of sulfone groups is 1. The Morgan fingerprint density at radius 1 is 1.60 bits per heavy atom. The first-order valence-corrected chi connectivity index (χ1v) is 5.88. The van der Waals surface area contributed by atoms with Crippen LogP contribution >= 0.6 is 11.6 Å². The lowest BCUT2D eigenvalue weighted by molar-refractivity contribution is -0.134. The van der Waals surface area contributed by atoms with Gasteiger partial charge in [-0.25, -0.2) is 18.4 Å². The molecule has 0 atom stereocenters. The SMILES string of the molecule is O=C(O)CS(=O)(=O)c1n[c]c(CCl)cn1. The van der Waals surface area contributed by atoms with E-state index in [4.69, 9.17) is 16.7 Å². The molecule has 0 spiro atoms. The first kappa shape index (κ1) is 11.9. The topological polar surface area (TPSA) is 97.2 Å². The third-order valence-electron chi connectivity index (χ3n) is 1.36. The third kappa shape index (κ3) is 3.14. The first-order chi connectivity index (χ1) is 6.95. The predicted molar refractivity (Wildman–Crippen MR) is 50.1 cm³/mol. The number of aromatic nitrogens is 2. The largest absolute Gasteiger partial charge is 0.480 e. The van der Waals surface area contributed by atoms with E-state index in [-0.39, 0.29) is 5.88 Å². The van der Waals surface area contributed by atoms with Gasteiger partial charge in [-0.1, -0.05) is 0 Å². The molecule has 0 aromatic carbocycles. The van der Waals surface area contributed by atoms with Gasteiger partial charge in [0.15, 0.2) is 5.75 Å². The minimum Gasteiger partial charge on any atom is -0.480 e. The molecule has 0 saturated heterocycles. The highest BCUT2D eigenvalue weighted by Crippen LogP contribution is 2.05. The van der Waals surface area contributed by atoms with Gasteiger partial charge in [0.2, 0.25) is 15.0 Å². The summed E-state index contributed by atoms with van der Waals surface area (Å²) in [5, 5.41) is 7.79. The lowest BCUT2D eigenvalue weighted by Gasteiger charge is -1.99. The van der Waals surface area contributed by atoms with Crippen molar-refractivity contribution < 1.29 is 18.3 Å². The van der Waals surface area contributed by atoms with Crippen molar-refractivity contribution in [1.82, 2.24) is 9.97 Å². The Hall–Kier alpha value is -1.21. The number of halogens is 1. The smallest absolute Gasteiger partial charge is 0.319 e. The average molecular weight is 250 g/mol. The molecule has 1 rings (SSSR count). The van der Waals surface area contributed by atoms with Gasteiger partial charge in [0.1, 0.15) is 0 Å². The summed E-state index contributed by atoms with van der Waals surface area (Å²) in [5.41, 5.74) is 0.436. The number of hydrogen-bond acceptors (Lipinski definition) is 5. The van der Waals surface area contributed by atoms with Crippen LogP contribution in [0.1, 0.15) is 5.56 Å². The molecule has 0 bridgehead atoms. The summed E-state index contributed by atoms with van der Waals surface area (Å²) >= 11 is 5.42. The summed E-state index contributed by atoms with van der Waals surface area (Å²) in [4.78, 5) is 17.1. The van der Waals surface area contributed by atoms with Gasteiger partial charge < -0.3 is 5.11 Å². The van der Waals surface area contributed by atoms with Crippen molar-refractivity contribution in [3.05, 3.63) is 18.0 Å². The van der Waals surface area contributed by atoms with Crippen molar-refractivity contribution >= 4 is 27.4 Å². The summed E-state index contributed by atoms with van der Waals surface area (Å²) in [6.07, 6.45) is 3.54. The van der Waals surface area contributed by atoms with E-state index in [0.717, 1.165) is 0 Å². The van der Waals surface area contributed by atoms with Gasteiger partial charge in [-0.15, -0.1) is 11.6 Å². The van der Waals surface area contributed by atoms with Crippen molar-refractivity contribution in [2.75, 3.05) is 5.75 Å². The van der Waals surface area contributed by atoms with Gasteiger partial charge in [0, 0.05) is 11.8 Å². The molecule has 81 valence electrons. The van der Waals surface area contributed by atoms with Gasteiger partial charge in [-0.2, -0.15) is 0 Å². The van der Waals surface area contributed by atoms with Crippen LogP contribution in [0.5, 0.6) is 0 Å². The first-order valence-electron chi connectivity index (χ1n) is 3.70. The second-order valence-corrected chi connectivity index (χ2v) is 4.73. The number of hydrogen-bond donors (Lipinski definition) is 1. The zero-order valence-corrected chi connectivity index (χ0v) is 8.92. The number of aliphatic carboxylic acids is 1. The van der Waals surface area contributed by atoms with E-state index in [1.807, 2.05) is 0 Å². The molecule has 1 N–H and O–H groups in total. The van der Waals surface area contributed by atoms with Gasteiger partial charge >= 0.3 is 5.97 Å². The average Bonchev–Trinajstić information content (AvgIpc) is 2.16. The number of rotatable bonds is 4. The van der Waals surface area contributed by atoms with E-state index in [2.05, 4.69) is 16.2 Å². The Morgan fingerprint density at radius 2 is 2.27 bits per heavy atom. The minimum atomic E-state index is -3.98. The molecule has 1 radical (unpaired) electrons. The summed E-state index contributed by atoms with van der Waals surface area (Å²) in [6.45, 7) is 0. The molecular weight excluding hydrogens is 244 g/mol. The molecule has 0 aliphatic rings. The molecule has 1 aromatic rings. The summed E-state index contributed by atoms with van der Waals surface area (Å²) in [7, 11) is -3.98. The highest BCUT2D eigenvalue weighted by Gasteiger charge is 2.21. The second kappa shape index (κ2) is 4.54. The highest BCUT2D eigenvalue weighted by molar-refractivity contribution is 7.91. The van der Waals surface area contributed by atoms with Crippen LogP contribution in [-0.2, 0) is 20.5 Å². The van der Waals surface area contributed by atoms with Crippen LogP contribution < -0.4 is 0 Å². The molecule has 15 heavy (non-hydrogen) atoms. The lowest BCUT2D eigenvalue weighted by atomic mass is 10.4. The predicted octanol–water partition coefficient (Wildman–Crippen LogP) is -0.126. The maximum Gasteiger partial charge on any atom is 0.319 e. The maximum atomic E-state index is 11.3. The van der Waals surface area contributed by atoms with Crippen LogP contribution in [0.15, 0.2) is 11.4 Å². The molecule has 1 heterocycles. The van der Waals surface area contributed by atoms with E-state index in [0.29, 0.717) is 5.56 Å². The van der Waals surface area contributed by atoms with E-state index >= 15 is 0 Å². The Morgan fingerprint density at radius 3 is 2.67 bits per heavy atom. The minimum absolute atomic E-state index is 0.110. The fourth-order valence-corrected chi connectivity index (χ4v) is 1.73. The van der Waals surface area contributed by atoms with E-state index in [1.165, 1.54) is 6.20 Å². The monoisotopic (exact) mass is 249 g/mol. The summed E-state index contributed by atoms with van der Waals surface area (Å²) in [5.74, 6) is -2.39. The number of carboxylic acids is 1. The van der Waals surface area contributed by atoms with Crippen LogP contribution in [0, 0.1) is 6.20 Å². The number of carboxylic acid groups (broad SMARTS) is 1. The van der Waals surface area contributed by atoms with E-state index in [1.54, 1.807) is 0 Å². The Labute approximate surface area is 90.8 Å². The quantitative estimate of drug-likeness (QED) is 0.590. The summed E-state index contributed by atoms with van der Waals surface area (Å²) in [6, 6.07) is 0. The van der Waals surface area contributed by atoms with E-state index < -0.39 is 26.7 Å². The van der Waals surface area contributed by atoms with Crippen molar-refractivity contribution in [3.8, 4) is 0 Å². The normalized spacial score (nSPS) is 11.3. The zero-order chi connectivity index (χ0) is 11.5. The molecule has 6 nitrogen and oxygen atoms in total. The Kier molecular flexibility index (Phi) is 3.59. The molecule has 0 aliphatic heterocycles. The molecule has 0 unspecified atom stereocenters. The zero-order valence-electron chi connectivity index (χ0n) is 7.34. The van der Waals surface area contributed by atoms with Crippen LogP contribution in [0.4, 0.5) is 0 Å². The van der Waals surface area contributed by atoms with Crippen molar-refractivity contribution in [2.45, 2.75) is 11.0 Å². The van der Waals surface area contributed by atoms with Gasteiger partial charge in [0.05, 0.1) is 12.1 Å². The molecule has 1 aromatic heterocycles. The van der Waals surface area contributed by atoms with Gasteiger partial charge in [-0.05, 0) is 0 Å². The molecule has 0 aliphatic carbocycles. The summed E-state index contributed by atoms with van der Waals surface area (Å²) < 4.78 is 22.6. The second-order valence-electron chi connectivity index (χ2n) is 2.58. The molecular formula is C7H6ClN2O4S. The van der Waals surface area contributed by atoms with Crippen molar-refractivity contribution in [1.29, 1.82) is 0 Å². The molecule has 0 saturated carbocycles. The fourth-order valence-electron chi connectivity index (χ4n) is 0.752. The van der Waals surface area contributed by atoms with Crippen molar-refractivity contribution in [2.24, 2.45) is 0 Å². The Bertz CT molecular complexity index is 456. The van der Waals surface area contributed by atoms with E-state index in [9.17, 15) is 13.2 Å². The molecule has 0 amide bonds. The number of carbonyl (C=O) groups is 1. The molecule has 8 heteroatoms. The maximum absolute atomic E-state index is 11.3. The van der Waals surface area contributed by atoms with Gasteiger partial charge in [-0.3, -0.25) is 4.79 Å². The highest BCUT2D eigenvalue weighted by atomic mass is 35.5. The fraction of sp³-hybridized carbons (Fsp3) is 0.286. The number of alkyl halides is 1. The van der Waals surface area contributed by atoms with Crippen molar-refractivity contribution in [3.63, 3.8) is 0 Å². The van der Waals surface area contributed by atoms with Crippen LogP contribution in [0.25, 0.3) is 0 Å². The third-order valence-corrected chi connectivity index (χ3v) is 3.03. The number of nitrogens with zero attached hydrogens (tertiary/aromatic N) is 2. The van der Waals surface area contributed by atoms with Crippen LogP contribution in [0.3, 0.4) is 0 Å². The van der Waals surface area contributed by atoms with Crippen LogP contribution in [-0.4, -0.2) is 35.2 Å². The van der Waals surface area contributed by atoms with Crippen LogP contribution in [0.2, 0.25) is 0 Å². The Balaban J connectivity index is 3.01.